The summed E-state index contributed by atoms with van der Waals surface area (Å²) in [4.78, 5) is 66.2. The highest BCUT2D eigenvalue weighted by molar-refractivity contribution is 8.00. The fraction of sp³-hybridized carbons (Fsp3) is 0.529. The number of β-lactam (4-membered cyclic amide) rings is 1. The fourth-order valence-corrected chi connectivity index (χ4v) is 4.25. The number of oxime groups is 1. The average molecular weight is 494 g/mol. The lowest BCUT2D eigenvalue weighted by Gasteiger charge is -2.49. The quantitative estimate of drug-likeness (QED) is 0.0785. The molecule has 0 saturated carbocycles. The first-order valence-corrected chi connectivity index (χ1v) is 10.4. The number of rotatable bonds is 10. The van der Waals surface area contributed by atoms with Crippen molar-refractivity contribution in [3.8, 4) is 0 Å². The van der Waals surface area contributed by atoms with E-state index in [9.17, 15) is 24.0 Å². The van der Waals surface area contributed by atoms with Gasteiger partial charge in [0, 0.05) is 12.9 Å². The minimum absolute atomic E-state index is 0.0394. The van der Waals surface area contributed by atoms with Gasteiger partial charge < -0.3 is 29.1 Å². The highest BCUT2D eigenvalue weighted by Gasteiger charge is 2.54. The molecule has 2 atom stereocenters. The van der Waals surface area contributed by atoms with Crippen LogP contribution in [0.15, 0.2) is 16.4 Å². The number of amides is 2. The first-order chi connectivity index (χ1) is 15.3. The van der Waals surface area contributed by atoms with Gasteiger partial charge in [0.05, 0.1) is 19.6 Å². The molecular formula is C17H20ClN3O10S. The molecule has 32 heavy (non-hydrogen) atoms. The van der Waals surface area contributed by atoms with E-state index in [-0.39, 0.29) is 18.1 Å². The number of nitrogens with zero attached hydrogens (tertiary/aromatic N) is 2. The summed E-state index contributed by atoms with van der Waals surface area (Å²) in [5.41, 5.74) is -0.208. The minimum Gasteiger partial charge on any atom is -0.438 e. The molecule has 2 rings (SSSR count). The van der Waals surface area contributed by atoms with Crippen LogP contribution in [0.4, 0.5) is 4.79 Å². The summed E-state index contributed by atoms with van der Waals surface area (Å²) in [5, 5.41) is 5.10. The van der Waals surface area contributed by atoms with Crippen molar-refractivity contribution < 1.29 is 47.8 Å². The van der Waals surface area contributed by atoms with E-state index in [0.717, 1.165) is 19.1 Å². The first kappa shape index (κ1) is 25.4. The van der Waals surface area contributed by atoms with Crippen molar-refractivity contribution in [1.82, 2.24) is 10.2 Å². The molecule has 2 amide bonds. The van der Waals surface area contributed by atoms with Crippen molar-refractivity contribution in [3.63, 3.8) is 0 Å². The molecule has 0 aliphatic carbocycles. The number of carbonyl (C=O) groups is 5. The zero-order valence-electron chi connectivity index (χ0n) is 17.2. The molecule has 13 nitrogen and oxygen atoms in total. The van der Waals surface area contributed by atoms with Gasteiger partial charge in [0.15, 0.2) is 0 Å². The average Bonchev–Trinajstić information content (AvgIpc) is 2.79. The lowest BCUT2D eigenvalue weighted by Crippen LogP contribution is -2.71. The van der Waals surface area contributed by atoms with Crippen LogP contribution in [-0.2, 0) is 43.0 Å². The number of ether oxygens (including phenoxy) is 4. The van der Waals surface area contributed by atoms with E-state index >= 15 is 0 Å². The minimum atomic E-state index is -1.05. The molecule has 0 aromatic heterocycles. The number of hydrogen-bond donors (Lipinski definition) is 1. The van der Waals surface area contributed by atoms with E-state index in [0.29, 0.717) is 5.57 Å². The van der Waals surface area contributed by atoms with Gasteiger partial charge in [-0.15, -0.1) is 23.4 Å². The summed E-state index contributed by atoms with van der Waals surface area (Å²) in [7, 11) is 3.65. The predicted molar refractivity (Wildman–Crippen MR) is 109 cm³/mol. The van der Waals surface area contributed by atoms with Gasteiger partial charge in [0.25, 0.3) is 11.8 Å². The van der Waals surface area contributed by atoms with Gasteiger partial charge >= 0.3 is 12.1 Å². The summed E-state index contributed by atoms with van der Waals surface area (Å²) in [6.45, 7) is -0.690. The zero-order chi connectivity index (χ0) is 23.8. The van der Waals surface area contributed by atoms with E-state index in [1.165, 1.54) is 18.9 Å². The number of nitrogens with one attached hydrogen (secondary N) is 1. The second-order valence-corrected chi connectivity index (χ2v) is 7.45. The Labute approximate surface area is 191 Å². The molecule has 1 N–H and O–H groups in total. The third-order valence-electron chi connectivity index (χ3n) is 4.16. The molecule has 2 aliphatic rings. The van der Waals surface area contributed by atoms with Crippen molar-refractivity contribution in [2.75, 3.05) is 46.4 Å². The second-order valence-electron chi connectivity index (χ2n) is 6.07. The van der Waals surface area contributed by atoms with Crippen LogP contribution in [0.5, 0.6) is 0 Å². The Kier molecular flexibility index (Phi) is 9.28. The highest BCUT2D eigenvalue weighted by Crippen LogP contribution is 2.40. The third kappa shape index (κ3) is 5.49. The van der Waals surface area contributed by atoms with E-state index in [2.05, 4.69) is 24.8 Å². The molecule has 0 radical (unpaired) electrons. The number of methoxy groups -OCH3 is 2. The van der Waals surface area contributed by atoms with Crippen molar-refractivity contribution in [3.05, 3.63) is 11.3 Å². The molecule has 0 spiro atoms. The maximum absolute atomic E-state index is 12.8. The molecule has 1 fully saturated rings. The third-order valence-corrected chi connectivity index (χ3v) is 5.74. The summed E-state index contributed by atoms with van der Waals surface area (Å²) >= 11 is 6.73. The van der Waals surface area contributed by atoms with Crippen molar-refractivity contribution in [2.45, 2.75) is 11.4 Å². The van der Waals surface area contributed by atoms with Gasteiger partial charge in [-0.2, -0.15) is 0 Å². The highest BCUT2D eigenvalue weighted by atomic mass is 35.5. The second kappa shape index (κ2) is 11.7. The van der Waals surface area contributed by atoms with Crippen molar-refractivity contribution in [1.29, 1.82) is 0 Å². The summed E-state index contributed by atoms with van der Waals surface area (Å²) in [6.07, 6.45) is -1.05. The number of carbonyl (C=O) groups excluding carboxylic acids is 5. The molecule has 1 unspecified atom stereocenters. The van der Waals surface area contributed by atoms with Gasteiger partial charge in [-0.3, -0.25) is 19.3 Å². The molecule has 0 bridgehead atoms. The topological polar surface area (TPSA) is 159 Å². The predicted octanol–water partition coefficient (Wildman–Crippen LogP) is -0.619. The van der Waals surface area contributed by atoms with Crippen LogP contribution >= 0.6 is 23.4 Å². The summed E-state index contributed by atoms with van der Waals surface area (Å²) < 4.78 is 18.8. The Balaban J connectivity index is 2.16. The SMILES string of the molecule is COCC1=C(C(=O)OCOC(=O)OC)N2C(=O)C(NC(=O)/C(=N\OC)C(=O)CCl)[C@H]2SC1. The number of hydrogen-bond acceptors (Lipinski definition) is 12. The van der Waals surface area contributed by atoms with E-state index in [1.54, 1.807) is 0 Å². The number of ketones is 1. The van der Waals surface area contributed by atoms with Crippen molar-refractivity contribution >= 4 is 58.8 Å². The molecule has 1 saturated heterocycles. The fourth-order valence-electron chi connectivity index (χ4n) is 2.80. The smallest absolute Gasteiger partial charge is 0.438 e. The summed E-state index contributed by atoms with van der Waals surface area (Å²) in [6, 6.07) is -1.05. The van der Waals surface area contributed by atoms with E-state index in [4.69, 9.17) is 21.1 Å². The monoisotopic (exact) mass is 493 g/mol. The largest absolute Gasteiger partial charge is 0.510 e. The van der Waals surface area contributed by atoms with Gasteiger partial charge in [-0.25, -0.2) is 9.59 Å². The molecular weight excluding hydrogens is 474 g/mol. The maximum atomic E-state index is 12.8. The standard InChI is InChI=1S/C17H20ClN3O10S/c1-27-5-8-6-32-15-11(19-13(23)10(20-29-3)9(22)4-18)14(24)21(15)12(8)16(25)30-7-31-17(26)28-2/h11,15H,4-7H2,1-3H3,(H,19,23)/b20-10-/t11?,15-/m1/s1. The van der Waals surface area contributed by atoms with Crippen LogP contribution in [0.3, 0.4) is 0 Å². The lowest BCUT2D eigenvalue weighted by atomic mass is 10.0. The first-order valence-electron chi connectivity index (χ1n) is 8.85. The van der Waals surface area contributed by atoms with Gasteiger partial charge in [0.2, 0.25) is 18.3 Å². The van der Waals surface area contributed by atoms with Crippen LogP contribution in [0.1, 0.15) is 0 Å². The van der Waals surface area contributed by atoms with Gasteiger partial charge in [0.1, 0.15) is 24.2 Å². The van der Waals surface area contributed by atoms with E-state index < -0.39 is 59.5 Å². The Morgan fingerprint density at radius 2 is 1.94 bits per heavy atom. The van der Waals surface area contributed by atoms with Crippen LogP contribution in [0, 0.1) is 0 Å². The molecule has 0 aromatic carbocycles. The molecule has 15 heteroatoms. The Morgan fingerprint density at radius 3 is 2.53 bits per heavy atom. The van der Waals surface area contributed by atoms with Crippen LogP contribution in [0.2, 0.25) is 0 Å². The number of esters is 1. The number of thioether (sulfide) groups is 1. The maximum Gasteiger partial charge on any atom is 0.510 e. The number of halogens is 1. The normalized spacial score (nSPS) is 20.1. The van der Waals surface area contributed by atoms with Gasteiger partial charge in [-0.05, 0) is 5.57 Å². The number of fused-ring (bicyclic) bond motifs is 1. The molecule has 0 aromatic rings. The van der Waals surface area contributed by atoms with Crippen LogP contribution in [-0.4, -0.2) is 98.1 Å². The van der Waals surface area contributed by atoms with Gasteiger partial charge in [-0.1, -0.05) is 5.16 Å². The van der Waals surface area contributed by atoms with Crippen LogP contribution < -0.4 is 5.32 Å². The lowest BCUT2D eigenvalue weighted by molar-refractivity contribution is -0.157. The number of Topliss-reactive ketones (excluding diaryl/α,β-unsaturated/α-hetero) is 1. The van der Waals surface area contributed by atoms with Crippen LogP contribution in [0.25, 0.3) is 0 Å². The summed E-state index contributed by atoms with van der Waals surface area (Å²) in [5.74, 6) is -3.51. The number of alkyl halides is 1. The Morgan fingerprint density at radius 1 is 1.22 bits per heavy atom. The Hall–Kier alpha value is -2.84. The molecule has 2 heterocycles. The molecule has 176 valence electrons. The zero-order valence-corrected chi connectivity index (χ0v) is 18.8. The van der Waals surface area contributed by atoms with Crippen molar-refractivity contribution in [2.24, 2.45) is 5.16 Å². The Bertz CT molecular complexity index is 862. The molecule has 2 aliphatic heterocycles. The van der Waals surface area contributed by atoms with E-state index in [1.807, 2.05) is 0 Å².